The maximum atomic E-state index is 13.8. The van der Waals surface area contributed by atoms with E-state index in [9.17, 15) is 4.39 Å². The van der Waals surface area contributed by atoms with Gasteiger partial charge in [-0.05, 0) is 25.5 Å². The van der Waals surface area contributed by atoms with Crippen molar-refractivity contribution in [3.63, 3.8) is 0 Å². The molecule has 2 N–H and O–H groups in total. The summed E-state index contributed by atoms with van der Waals surface area (Å²) in [7, 11) is 0. The highest BCUT2D eigenvalue weighted by molar-refractivity contribution is 5.67. The molecular weight excluding hydrogens is 219 g/mol. The van der Waals surface area contributed by atoms with Crippen LogP contribution in [-0.4, -0.2) is 5.16 Å². The van der Waals surface area contributed by atoms with Gasteiger partial charge in [0.25, 0.3) is 0 Å². The van der Waals surface area contributed by atoms with Crippen molar-refractivity contribution in [2.24, 2.45) is 0 Å². The van der Waals surface area contributed by atoms with Crippen molar-refractivity contribution in [2.45, 2.75) is 26.7 Å². The SMILES string of the molecule is CCCc1c(N)noc1-c1cc(C)ccc1F. The van der Waals surface area contributed by atoms with Gasteiger partial charge in [0.2, 0.25) is 0 Å². The molecule has 4 heteroatoms. The first-order chi connectivity index (χ1) is 8.13. The Bertz CT molecular complexity index is 534. The van der Waals surface area contributed by atoms with Crippen LogP contribution >= 0.6 is 0 Å². The lowest BCUT2D eigenvalue weighted by Crippen LogP contribution is -1.94. The zero-order valence-corrected chi connectivity index (χ0v) is 9.96. The molecule has 0 spiro atoms. The first-order valence-corrected chi connectivity index (χ1v) is 5.64. The zero-order valence-electron chi connectivity index (χ0n) is 9.96. The molecule has 2 aromatic rings. The third-order valence-electron chi connectivity index (χ3n) is 2.69. The highest BCUT2D eigenvalue weighted by Gasteiger charge is 2.18. The van der Waals surface area contributed by atoms with Gasteiger partial charge in [0, 0.05) is 5.56 Å². The van der Waals surface area contributed by atoms with Gasteiger partial charge in [-0.15, -0.1) is 0 Å². The molecule has 0 unspecified atom stereocenters. The van der Waals surface area contributed by atoms with Crippen LogP contribution in [0.2, 0.25) is 0 Å². The number of aryl methyl sites for hydroxylation is 1. The predicted molar refractivity (Wildman–Crippen MR) is 65.0 cm³/mol. The number of aromatic nitrogens is 1. The Morgan fingerprint density at radius 3 is 2.88 bits per heavy atom. The second-order valence-corrected chi connectivity index (χ2v) is 4.11. The van der Waals surface area contributed by atoms with Crippen molar-refractivity contribution in [3.05, 3.63) is 35.1 Å². The number of halogens is 1. The van der Waals surface area contributed by atoms with Crippen molar-refractivity contribution in [1.82, 2.24) is 5.16 Å². The Balaban J connectivity index is 2.56. The number of rotatable bonds is 3. The second kappa shape index (κ2) is 4.57. The van der Waals surface area contributed by atoms with Gasteiger partial charge >= 0.3 is 0 Å². The third-order valence-corrected chi connectivity index (χ3v) is 2.69. The van der Waals surface area contributed by atoms with Gasteiger partial charge in [0.05, 0.1) is 5.56 Å². The number of hydrogen-bond acceptors (Lipinski definition) is 3. The summed E-state index contributed by atoms with van der Waals surface area (Å²) in [5, 5.41) is 3.72. The van der Waals surface area contributed by atoms with Crippen LogP contribution in [0.1, 0.15) is 24.5 Å². The van der Waals surface area contributed by atoms with E-state index < -0.39 is 0 Å². The average molecular weight is 234 g/mol. The Morgan fingerprint density at radius 1 is 1.41 bits per heavy atom. The minimum absolute atomic E-state index is 0.316. The minimum Gasteiger partial charge on any atom is -0.381 e. The van der Waals surface area contributed by atoms with Crippen molar-refractivity contribution >= 4 is 5.82 Å². The maximum absolute atomic E-state index is 13.8. The lowest BCUT2D eigenvalue weighted by molar-refractivity contribution is 0.432. The van der Waals surface area contributed by atoms with Gasteiger partial charge in [-0.3, -0.25) is 0 Å². The summed E-state index contributed by atoms with van der Waals surface area (Å²) in [5.41, 5.74) is 7.91. The summed E-state index contributed by atoms with van der Waals surface area (Å²) < 4.78 is 18.9. The Hall–Kier alpha value is -1.84. The molecule has 3 nitrogen and oxygen atoms in total. The Kier molecular flexibility index (Phi) is 3.13. The van der Waals surface area contributed by atoms with Crippen molar-refractivity contribution in [1.29, 1.82) is 0 Å². The quantitative estimate of drug-likeness (QED) is 0.886. The monoisotopic (exact) mass is 234 g/mol. The number of nitrogens with zero attached hydrogens (tertiary/aromatic N) is 1. The molecular formula is C13H15FN2O. The smallest absolute Gasteiger partial charge is 0.175 e. The lowest BCUT2D eigenvalue weighted by atomic mass is 10.0. The van der Waals surface area contributed by atoms with Crippen LogP contribution in [-0.2, 0) is 6.42 Å². The molecule has 0 aliphatic carbocycles. The molecule has 0 radical (unpaired) electrons. The van der Waals surface area contributed by atoms with Gasteiger partial charge in [0.15, 0.2) is 11.6 Å². The van der Waals surface area contributed by atoms with Crippen molar-refractivity contribution in [2.75, 3.05) is 5.73 Å². The predicted octanol–water partition coefficient (Wildman–Crippen LogP) is 3.32. The topological polar surface area (TPSA) is 52.0 Å². The highest BCUT2D eigenvalue weighted by atomic mass is 19.1. The van der Waals surface area contributed by atoms with Gasteiger partial charge in [0.1, 0.15) is 5.82 Å². The molecule has 2 rings (SSSR count). The lowest BCUT2D eigenvalue weighted by Gasteiger charge is -2.03. The summed E-state index contributed by atoms with van der Waals surface area (Å²) in [6, 6.07) is 4.89. The van der Waals surface area contributed by atoms with Crippen LogP contribution in [0.25, 0.3) is 11.3 Å². The van der Waals surface area contributed by atoms with E-state index in [4.69, 9.17) is 10.3 Å². The molecule has 0 aliphatic heterocycles. The highest BCUT2D eigenvalue weighted by Crippen LogP contribution is 2.31. The zero-order chi connectivity index (χ0) is 12.4. The first kappa shape index (κ1) is 11.6. The minimum atomic E-state index is -0.316. The molecule has 0 amide bonds. The van der Waals surface area contributed by atoms with E-state index in [0.29, 0.717) is 17.1 Å². The second-order valence-electron chi connectivity index (χ2n) is 4.11. The van der Waals surface area contributed by atoms with E-state index in [1.165, 1.54) is 6.07 Å². The van der Waals surface area contributed by atoms with E-state index in [-0.39, 0.29) is 5.82 Å². The fraction of sp³-hybridized carbons (Fsp3) is 0.308. The van der Waals surface area contributed by atoms with Crippen LogP contribution in [0, 0.1) is 12.7 Å². The van der Waals surface area contributed by atoms with Crippen LogP contribution in [0.15, 0.2) is 22.7 Å². The Morgan fingerprint density at radius 2 is 2.18 bits per heavy atom. The number of hydrogen-bond donors (Lipinski definition) is 1. The van der Waals surface area contributed by atoms with E-state index in [1.54, 1.807) is 12.1 Å². The number of nitrogens with two attached hydrogens (primary N) is 1. The van der Waals surface area contributed by atoms with E-state index in [1.807, 2.05) is 13.8 Å². The molecule has 1 aromatic heterocycles. The molecule has 0 atom stereocenters. The molecule has 0 saturated heterocycles. The van der Waals surface area contributed by atoms with E-state index in [0.717, 1.165) is 24.0 Å². The van der Waals surface area contributed by atoms with Crippen LogP contribution in [0.4, 0.5) is 10.2 Å². The normalized spacial score (nSPS) is 10.8. The van der Waals surface area contributed by atoms with Crippen LogP contribution < -0.4 is 5.73 Å². The van der Waals surface area contributed by atoms with Crippen molar-refractivity contribution < 1.29 is 8.91 Å². The molecule has 0 bridgehead atoms. The van der Waals surface area contributed by atoms with Crippen LogP contribution in [0.3, 0.4) is 0 Å². The largest absolute Gasteiger partial charge is 0.381 e. The molecule has 1 aromatic carbocycles. The summed E-state index contributed by atoms with van der Waals surface area (Å²) in [6.45, 7) is 3.94. The number of benzene rings is 1. The van der Waals surface area contributed by atoms with E-state index in [2.05, 4.69) is 5.16 Å². The third kappa shape index (κ3) is 2.16. The summed E-state index contributed by atoms with van der Waals surface area (Å²) in [5.74, 6) is 0.484. The number of anilines is 1. The average Bonchev–Trinajstić information content (AvgIpc) is 2.65. The molecule has 0 aliphatic rings. The molecule has 17 heavy (non-hydrogen) atoms. The molecule has 90 valence electrons. The first-order valence-electron chi connectivity index (χ1n) is 5.64. The molecule has 1 heterocycles. The summed E-state index contributed by atoms with van der Waals surface area (Å²) in [4.78, 5) is 0. The number of nitrogen functional groups attached to an aromatic ring is 1. The van der Waals surface area contributed by atoms with Gasteiger partial charge in [-0.1, -0.05) is 30.1 Å². The van der Waals surface area contributed by atoms with Gasteiger partial charge < -0.3 is 10.3 Å². The maximum Gasteiger partial charge on any atom is 0.175 e. The summed E-state index contributed by atoms with van der Waals surface area (Å²) >= 11 is 0. The fourth-order valence-electron chi connectivity index (χ4n) is 1.84. The Labute approximate surface area is 99.4 Å². The molecule has 0 fully saturated rings. The van der Waals surface area contributed by atoms with Gasteiger partial charge in [-0.2, -0.15) is 0 Å². The van der Waals surface area contributed by atoms with E-state index >= 15 is 0 Å². The standard InChI is InChI=1S/C13H15FN2O/c1-3-4-9-12(17-16-13(9)15)10-7-8(2)5-6-11(10)14/h5-7H,3-4H2,1-2H3,(H2,15,16). The van der Waals surface area contributed by atoms with Crippen LogP contribution in [0.5, 0.6) is 0 Å². The van der Waals surface area contributed by atoms with Gasteiger partial charge in [-0.25, -0.2) is 4.39 Å². The summed E-state index contributed by atoms with van der Waals surface area (Å²) in [6.07, 6.45) is 1.64. The molecule has 0 saturated carbocycles. The van der Waals surface area contributed by atoms with Crippen molar-refractivity contribution in [3.8, 4) is 11.3 Å². The fourth-order valence-corrected chi connectivity index (χ4v) is 1.84.